The van der Waals surface area contributed by atoms with Gasteiger partial charge in [-0.3, -0.25) is 10.1 Å². The molecular formula is C15H9ClN2O4. The number of aromatic hydroxyl groups is 1. The lowest BCUT2D eigenvalue weighted by Gasteiger charge is -1.97. The van der Waals surface area contributed by atoms with Crippen molar-refractivity contribution < 1.29 is 14.4 Å². The number of nitrogens with zero attached hydrogens (tertiary/aromatic N) is 2. The van der Waals surface area contributed by atoms with Crippen molar-refractivity contribution >= 4 is 40.5 Å². The van der Waals surface area contributed by atoms with Gasteiger partial charge in [0.25, 0.3) is 0 Å². The molecular weight excluding hydrogens is 308 g/mol. The van der Waals surface area contributed by atoms with E-state index < -0.39 is 4.92 Å². The van der Waals surface area contributed by atoms with E-state index in [1.807, 2.05) is 0 Å². The maximum absolute atomic E-state index is 10.8. The zero-order valence-electron chi connectivity index (χ0n) is 11.1. The topological polar surface area (TPSA) is 89.4 Å². The Morgan fingerprint density at radius 1 is 1.23 bits per heavy atom. The summed E-state index contributed by atoms with van der Waals surface area (Å²) in [5.74, 6) is -0.0216. The van der Waals surface area contributed by atoms with Crippen molar-refractivity contribution in [1.29, 1.82) is 0 Å². The van der Waals surface area contributed by atoms with Gasteiger partial charge >= 0.3 is 5.69 Å². The van der Waals surface area contributed by atoms with Crippen molar-refractivity contribution in [1.82, 2.24) is 4.98 Å². The number of benzene rings is 2. The summed E-state index contributed by atoms with van der Waals surface area (Å²) in [5, 5.41) is 20.7. The van der Waals surface area contributed by atoms with Crippen LogP contribution in [0.2, 0.25) is 5.02 Å². The number of hydrogen-bond acceptors (Lipinski definition) is 5. The van der Waals surface area contributed by atoms with Crippen molar-refractivity contribution in [3.63, 3.8) is 0 Å². The van der Waals surface area contributed by atoms with Crippen molar-refractivity contribution in [2.75, 3.05) is 0 Å². The van der Waals surface area contributed by atoms with Crippen LogP contribution in [0, 0.1) is 10.1 Å². The van der Waals surface area contributed by atoms with Crippen molar-refractivity contribution in [2.45, 2.75) is 0 Å². The highest BCUT2D eigenvalue weighted by Crippen LogP contribution is 2.27. The lowest BCUT2D eigenvalue weighted by atomic mass is 10.2. The van der Waals surface area contributed by atoms with Gasteiger partial charge in [0.2, 0.25) is 5.89 Å². The van der Waals surface area contributed by atoms with Gasteiger partial charge in [0.05, 0.1) is 4.92 Å². The number of halogens is 1. The molecule has 0 aliphatic rings. The highest BCUT2D eigenvalue weighted by atomic mass is 35.5. The second-order valence-electron chi connectivity index (χ2n) is 4.50. The van der Waals surface area contributed by atoms with E-state index in [9.17, 15) is 15.2 Å². The standard InChI is InChI=1S/C15H9ClN2O4/c16-10-3-5-14-11(8-10)17-15(22-14)6-2-9-1-4-13(19)12(7-9)18(20)21/h1-8,19H/b6-2-. The van der Waals surface area contributed by atoms with E-state index in [0.29, 0.717) is 27.6 Å². The number of aromatic nitrogens is 1. The normalized spacial score (nSPS) is 11.3. The molecule has 2 aromatic carbocycles. The van der Waals surface area contributed by atoms with Crippen molar-refractivity contribution in [2.24, 2.45) is 0 Å². The van der Waals surface area contributed by atoms with E-state index in [4.69, 9.17) is 16.0 Å². The summed E-state index contributed by atoms with van der Waals surface area (Å²) in [6.07, 6.45) is 3.20. The molecule has 0 saturated carbocycles. The number of rotatable bonds is 3. The van der Waals surface area contributed by atoms with E-state index >= 15 is 0 Å². The van der Waals surface area contributed by atoms with E-state index in [-0.39, 0.29) is 11.4 Å². The number of fused-ring (bicyclic) bond motifs is 1. The van der Waals surface area contributed by atoms with Gasteiger partial charge in [-0.25, -0.2) is 4.98 Å². The number of phenols is 1. The van der Waals surface area contributed by atoms with E-state index in [0.717, 1.165) is 0 Å². The Kier molecular flexibility index (Phi) is 3.52. The minimum Gasteiger partial charge on any atom is -0.502 e. The van der Waals surface area contributed by atoms with Crippen LogP contribution in [0.3, 0.4) is 0 Å². The zero-order chi connectivity index (χ0) is 15.7. The maximum Gasteiger partial charge on any atom is 0.311 e. The lowest BCUT2D eigenvalue weighted by Crippen LogP contribution is -1.88. The monoisotopic (exact) mass is 316 g/mol. The predicted octanol–water partition coefficient (Wildman–Crippen LogP) is 4.27. The number of hydrogen-bond donors (Lipinski definition) is 1. The Bertz CT molecular complexity index is 902. The van der Waals surface area contributed by atoms with Crippen molar-refractivity contribution in [3.05, 3.63) is 63.0 Å². The van der Waals surface area contributed by atoms with Gasteiger partial charge in [-0.05, 0) is 35.9 Å². The average molecular weight is 317 g/mol. The molecule has 0 fully saturated rings. The fourth-order valence-electron chi connectivity index (χ4n) is 1.95. The summed E-state index contributed by atoms with van der Waals surface area (Å²) < 4.78 is 5.51. The van der Waals surface area contributed by atoms with Crippen LogP contribution < -0.4 is 0 Å². The molecule has 0 amide bonds. The van der Waals surface area contributed by atoms with Crippen LogP contribution in [0.25, 0.3) is 23.3 Å². The molecule has 1 aromatic heterocycles. The molecule has 6 nitrogen and oxygen atoms in total. The van der Waals surface area contributed by atoms with Crippen LogP contribution in [-0.2, 0) is 0 Å². The molecule has 3 aromatic rings. The molecule has 0 aliphatic heterocycles. The fraction of sp³-hybridized carbons (Fsp3) is 0. The first-order valence-corrected chi connectivity index (χ1v) is 6.62. The first-order valence-electron chi connectivity index (χ1n) is 6.24. The van der Waals surface area contributed by atoms with E-state index in [1.165, 1.54) is 12.1 Å². The van der Waals surface area contributed by atoms with Crippen molar-refractivity contribution in [3.8, 4) is 5.75 Å². The number of phenolic OH excluding ortho intramolecular Hbond substituents is 1. The van der Waals surface area contributed by atoms with Gasteiger partial charge in [-0.2, -0.15) is 0 Å². The van der Waals surface area contributed by atoms with Gasteiger partial charge < -0.3 is 9.52 Å². The summed E-state index contributed by atoms with van der Waals surface area (Å²) in [5.41, 5.74) is 1.42. The quantitative estimate of drug-likeness (QED) is 0.576. The Morgan fingerprint density at radius 3 is 2.82 bits per heavy atom. The number of oxazole rings is 1. The summed E-state index contributed by atoms with van der Waals surface area (Å²) in [6, 6.07) is 9.19. The third-order valence-electron chi connectivity index (χ3n) is 2.98. The molecule has 3 rings (SSSR count). The van der Waals surface area contributed by atoms with Gasteiger partial charge in [-0.1, -0.05) is 17.7 Å². The Morgan fingerprint density at radius 2 is 2.05 bits per heavy atom. The first-order chi connectivity index (χ1) is 10.5. The molecule has 0 atom stereocenters. The smallest absolute Gasteiger partial charge is 0.311 e. The predicted molar refractivity (Wildman–Crippen MR) is 82.7 cm³/mol. The zero-order valence-corrected chi connectivity index (χ0v) is 11.8. The van der Waals surface area contributed by atoms with Crippen LogP contribution in [0.1, 0.15) is 11.5 Å². The minimum atomic E-state index is -0.645. The van der Waals surface area contributed by atoms with Gasteiger partial charge in [-0.15, -0.1) is 0 Å². The van der Waals surface area contributed by atoms with E-state index in [2.05, 4.69) is 4.98 Å². The van der Waals surface area contributed by atoms with Crippen LogP contribution in [0.4, 0.5) is 5.69 Å². The summed E-state index contributed by atoms with van der Waals surface area (Å²) >= 11 is 5.88. The van der Waals surface area contributed by atoms with Gasteiger partial charge in [0.1, 0.15) is 5.52 Å². The van der Waals surface area contributed by atoms with Crippen LogP contribution in [-0.4, -0.2) is 15.0 Å². The summed E-state index contributed by atoms with van der Waals surface area (Å²) in [7, 11) is 0. The third-order valence-corrected chi connectivity index (χ3v) is 3.22. The first kappa shape index (κ1) is 14.1. The lowest BCUT2D eigenvalue weighted by molar-refractivity contribution is -0.385. The second-order valence-corrected chi connectivity index (χ2v) is 4.94. The van der Waals surface area contributed by atoms with Gasteiger partial charge in [0.15, 0.2) is 11.3 Å². The third kappa shape index (κ3) is 2.77. The molecule has 1 N–H and O–H groups in total. The van der Waals surface area contributed by atoms with Gasteiger partial charge in [0, 0.05) is 17.2 Å². The molecule has 0 radical (unpaired) electrons. The highest BCUT2D eigenvalue weighted by Gasteiger charge is 2.12. The van der Waals surface area contributed by atoms with Crippen LogP contribution in [0.5, 0.6) is 5.75 Å². The molecule has 110 valence electrons. The Balaban J connectivity index is 1.92. The molecule has 0 aliphatic carbocycles. The second kappa shape index (κ2) is 5.50. The fourth-order valence-corrected chi connectivity index (χ4v) is 2.11. The number of nitro groups is 1. The molecule has 7 heteroatoms. The Labute approximate surface area is 129 Å². The Hall–Kier alpha value is -2.86. The summed E-state index contributed by atoms with van der Waals surface area (Å²) in [4.78, 5) is 14.4. The maximum atomic E-state index is 10.8. The molecule has 0 spiro atoms. The molecule has 0 bridgehead atoms. The van der Waals surface area contributed by atoms with E-state index in [1.54, 1.807) is 36.4 Å². The molecule has 1 heterocycles. The highest BCUT2D eigenvalue weighted by molar-refractivity contribution is 6.31. The number of nitro benzene ring substituents is 1. The molecule has 22 heavy (non-hydrogen) atoms. The largest absolute Gasteiger partial charge is 0.502 e. The van der Waals surface area contributed by atoms with Crippen LogP contribution >= 0.6 is 11.6 Å². The molecule has 0 unspecified atom stereocenters. The molecule has 0 saturated heterocycles. The van der Waals surface area contributed by atoms with Crippen LogP contribution in [0.15, 0.2) is 40.8 Å². The minimum absolute atomic E-state index is 0.355. The summed E-state index contributed by atoms with van der Waals surface area (Å²) in [6.45, 7) is 0. The average Bonchev–Trinajstić information content (AvgIpc) is 2.88. The SMILES string of the molecule is O=[N+]([O-])c1cc(/C=C\c2nc3cc(Cl)ccc3o2)ccc1O.